The Morgan fingerprint density at radius 1 is 0.311 bits per heavy atom. The van der Waals surface area contributed by atoms with Crippen LogP contribution in [0, 0.1) is 0 Å². The van der Waals surface area contributed by atoms with Gasteiger partial charge in [0, 0.05) is 47.9 Å². The Balaban J connectivity index is 0.931. The molecule has 0 unspecified atom stereocenters. The molecule has 3 heteroatoms. The van der Waals surface area contributed by atoms with E-state index in [1.165, 1.54) is 64.3 Å². The van der Waals surface area contributed by atoms with Crippen LogP contribution in [0.1, 0.15) is 0 Å². The van der Waals surface area contributed by atoms with Gasteiger partial charge in [-0.25, -0.2) is 0 Å². The van der Waals surface area contributed by atoms with Crippen molar-refractivity contribution in [3.05, 3.63) is 224 Å². The van der Waals surface area contributed by atoms with E-state index in [1.54, 1.807) is 0 Å². The molecule has 286 valence electrons. The zero-order valence-electron chi connectivity index (χ0n) is 33.1. The van der Waals surface area contributed by atoms with Crippen LogP contribution in [0.2, 0.25) is 0 Å². The van der Waals surface area contributed by atoms with Crippen molar-refractivity contribution in [2.75, 3.05) is 4.90 Å². The Kier molecular flexibility index (Phi) is 8.39. The molecule has 10 aromatic carbocycles. The van der Waals surface area contributed by atoms with Crippen molar-refractivity contribution in [1.29, 1.82) is 0 Å². The molecule has 0 bridgehead atoms. The molecule has 0 aliphatic rings. The zero-order valence-corrected chi connectivity index (χ0v) is 33.9. The quantitative estimate of drug-likeness (QED) is 0.160. The molecule has 12 rings (SSSR count). The van der Waals surface area contributed by atoms with Gasteiger partial charge >= 0.3 is 0 Å². The fourth-order valence-electron chi connectivity index (χ4n) is 8.97. The van der Waals surface area contributed by atoms with Gasteiger partial charge in [-0.05, 0) is 123 Å². The first kappa shape index (κ1) is 35.2. The van der Waals surface area contributed by atoms with Gasteiger partial charge in [0.2, 0.25) is 0 Å². The van der Waals surface area contributed by atoms with E-state index in [4.69, 9.17) is 4.42 Å². The van der Waals surface area contributed by atoms with Crippen molar-refractivity contribution >= 4 is 81.3 Å². The maximum absolute atomic E-state index is 6.27. The Morgan fingerprint density at radius 2 is 0.836 bits per heavy atom. The van der Waals surface area contributed by atoms with Crippen molar-refractivity contribution < 1.29 is 4.42 Å². The molecule has 61 heavy (non-hydrogen) atoms. The molecule has 0 aliphatic carbocycles. The third-order valence-corrected chi connectivity index (χ3v) is 13.2. The molecule has 12 aromatic rings. The number of furan rings is 1. The van der Waals surface area contributed by atoms with E-state index < -0.39 is 0 Å². The number of rotatable bonds is 7. The van der Waals surface area contributed by atoms with Crippen LogP contribution in [-0.2, 0) is 0 Å². The summed E-state index contributed by atoms with van der Waals surface area (Å²) in [5.41, 5.74) is 14.5. The van der Waals surface area contributed by atoms with E-state index in [0.29, 0.717) is 0 Å². The highest BCUT2D eigenvalue weighted by Crippen LogP contribution is 2.44. The Morgan fingerprint density at radius 3 is 1.61 bits per heavy atom. The molecule has 0 spiro atoms. The smallest absolute Gasteiger partial charge is 0.136 e. The zero-order chi connectivity index (χ0) is 40.3. The van der Waals surface area contributed by atoms with Crippen LogP contribution in [0.15, 0.2) is 229 Å². The van der Waals surface area contributed by atoms with Crippen molar-refractivity contribution in [3.8, 4) is 44.5 Å². The lowest BCUT2D eigenvalue weighted by molar-refractivity contribution is 0.669. The van der Waals surface area contributed by atoms with Gasteiger partial charge in [0.05, 0.1) is 5.69 Å². The minimum Gasteiger partial charge on any atom is -0.456 e. The van der Waals surface area contributed by atoms with Crippen molar-refractivity contribution in [3.63, 3.8) is 0 Å². The highest BCUT2D eigenvalue weighted by atomic mass is 32.1. The van der Waals surface area contributed by atoms with E-state index in [0.717, 1.165) is 50.1 Å². The van der Waals surface area contributed by atoms with Crippen LogP contribution < -0.4 is 4.90 Å². The minimum atomic E-state index is 0.900. The summed E-state index contributed by atoms with van der Waals surface area (Å²) in [6.45, 7) is 0. The Hall–Kier alpha value is -7.72. The fraction of sp³-hybridized carbons (Fsp3) is 0. The van der Waals surface area contributed by atoms with Crippen molar-refractivity contribution in [2.24, 2.45) is 0 Å². The molecule has 0 radical (unpaired) electrons. The van der Waals surface area contributed by atoms with Gasteiger partial charge in [0.15, 0.2) is 0 Å². The van der Waals surface area contributed by atoms with Gasteiger partial charge < -0.3 is 9.32 Å². The summed E-state index contributed by atoms with van der Waals surface area (Å²) in [4.78, 5) is 2.39. The molecular weight excluding hydrogens is 759 g/mol. The standard InChI is InChI=1S/C58H37NOS/c1-2-10-43-35-44(22-21-38(43)9-1)41-19-17-39(18-20-41)40-23-29-47(30-24-40)59(48-31-25-42(26-32-48)45-27-33-51-50-12-4-7-15-55(50)60-56(51)37-45)54-14-6-3-11-49(54)46-28-34-58-53(36-46)52-13-5-8-16-57(52)61-58/h1-37H. The molecule has 2 aromatic heterocycles. The predicted molar refractivity (Wildman–Crippen MR) is 261 cm³/mol. The molecule has 0 saturated carbocycles. The third-order valence-electron chi connectivity index (χ3n) is 12.1. The van der Waals surface area contributed by atoms with Gasteiger partial charge in [-0.1, -0.05) is 152 Å². The number of nitrogens with zero attached hydrogens (tertiary/aromatic N) is 1. The van der Waals surface area contributed by atoms with E-state index in [2.05, 4.69) is 217 Å². The average molecular weight is 796 g/mol. The lowest BCUT2D eigenvalue weighted by atomic mass is 9.97. The second kappa shape index (κ2) is 14.5. The van der Waals surface area contributed by atoms with E-state index in [9.17, 15) is 0 Å². The van der Waals surface area contributed by atoms with Crippen molar-refractivity contribution in [2.45, 2.75) is 0 Å². The summed E-state index contributed by atoms with van der Waals surface area (Å²) in [5, 5.41) is 7.39. The largest absolute Gasteiger partial charge is 0.456 e. The minimum absolute atomic E-state index is 0.900. The molecule has 0 N–H and O–H groups in total. The third kappa shape index (κ3) is 6.26. The van der Waals surface area contributed by atoms with Gasteiger partial charge in [0.1, 0.15) is 11.2 Å². The molecule has 2 heterocycles. The topological polar surface area (TPSA) is 16.4 Å². The molecule has 0 fully saturated rings. The van der Waals surface area contributed by atoms with E-state index in [-0.39, 0.29) is 0 Å². The number of benzene rings is 10. The van der Waals surface area contributed by atoms with E-state index in [1.807, 2.05) is 23.5 Å². The second-order valence-electron chi connectivity index (χ2n) is 15.7. The number of hydrogen-bond donors (Lipinski definition) is 0. The van der Waals surface area contributed by atoms with E-state index >= 15 is 0 Å². The van der Waals surface area contributed by atoms with Crippen LogP contribution in [0.25, 0.3) is 97.4 Å². The number of para-hydroxylation sites is 2. The normalized spacial score (nSPS) is 11.6. The molecule has 0 saturated heterocycles. The summed E-state index contributed by atoms with van der Waals surface area (Å²) in [6, 6.07) is 81.3. The van der Waals surface area contributed by atoms with Crippen LogP contribution in [0.4, 0.5) is 17.1 Å². The molecule has 2 nitrogen and oxygen atoms in total. The SMILES string of the molecule is c1ccc(N(c2ccc(-c3ccc(-c4ccc5ccccc5c4)cc3)cc2)c2ccc(-c3ccc4c(c3)oc3ccccc34)cc2)c(-c2ccc3sc4ccccc4c3c2)c1. The molecule has 0 amide bonds. The molecule has 0 atom stereocenters. The first-order valence-electron chi connectivity index (χ1n) is 20.7. The number of anilines is 3. The second-order valence-corrected chi connectivity index (χ2v) is 16.8. The molecule has 0 aliphatic heterocycles. The van der Waals surface area contributed by atoms with Gasteiger partial charge in [-0.2, -0.15) is 0 Å². The fourth-order valence-corrected chi connectivity index (χ4v) is 10.1. The van der Waals surface area contributed by atoms with Crippen LogP contribution in [0.3, 0.4) is 0 Å². The van der Waals surface area contributed by atoms with Crippen molar-refractivity contribution in [1.82, 2.24) is 0 Å². The first-order chi connectivity index (χ1) is 30.2. The molecular formula is C58H37NOS. The Labute approximate surface area is 357 Å². The van der Waals surface area contributed by atoms with Crippen LogP contribution in [0.5, 0.6) is 0 Å². The monoisotopic (exact) mass is 795 g/mol. The first-order valence-corrected chi connectivity index (χ1v) is 21.5. The predicted octanol–water partition coefficient (Wildman–Crippen LogP) is 17.2. The highest BCUT2D eigenvalue weighted by Gasteiger charge is 2.19. The number of fused-ring (bicyclic) bond motifs is 7. The maximum atomic E-state index is 6.27. The summed E-state index contributed by atoms with van der Waals surface area (Å²) in [6.07, 6.45) is 0. The van der Waals surface area contributed by atoms with Crippen LogP contribution >= 0.6 is 11.3 Å². The summed E-state index contributed by atoms with van der Waals surface area (Å²) in [7, 11) is 0. The Bertz CT molecular complexity index is 3580. The lowest BCUT2D eigenvalue weighted by Crippen LogP contribution is -2.11. The number of hydrogen-bond acceptors (Lipinski definition) is 3. The van der Waals surface area contributed by atoms with Crippen LogP contribution in [-0.4, -0.2) is 0 Å². The van der Waals surface area contributed by atoms with Gasteiger partial charge in [-0.3, -0.25) is 0 Å². The highest BCUT2D eigenvalue weighted by molar-refractivity contribution is 7.25. The summed E-state index contributed by atoms with van der Waals surface area (Å²) < 4.78 is 8.88. The summed E-state index contributed by atoms with van der Waals surface area (Å²) in [5.74, 6) is 0. The number of thiophene rings is 1. The maximum Gasteiger partial charge on any atom is 0.136 e. The average Bonchev–Trinajstić information content (AvgIpc) is 3.90. The summed E-state index contributed by atoms with van der Waals surface area (Å²) >= 11 is 1.85. The lowest BCUT2D eigenvalue weighted by Gasteiger charge is -2.28. The van der Waals surface area contributed by atoms with Gasteiger partial charge in [0.25, 0.3) is 0 Å². The van der Waals surface area contributed by atoms with Gasteiger partial charge in [-0.15, -0.1) is 11.3 Å².